The Bertz CT molecular complexity index is 345. The minimum atomic E-state index is -0.914. The van der Waals surface area contributed by atoms with E-state index < -0.39 is 5.97 Å². The third-order valence-electron chi connectivity index (χ3n) is 3.38. The van der Waals surface area contributed by atoms with Crippen molar-refractivity contribution in [3.05, 3.63) is 11.6 Å². The summed E-state index contributed by atoms with van der Waals surface area (Å²) in [5.41, 5.74) is 1.19. The third kappa shape index (κ3) is 3.58. The Balaban J connectivity index is 1.91. The predicted molar refractivity (Wildman–Crippen MR) is 63.5 cm³/mol. The number of amides is 1. The lowest BCUT2D eigenvalue weighted by atomic mass is 9.97. The molecule has 0 aliphatic heterocycles. The first-order valence-corrected chi connectivity index (χ1v) is 6.36. The van der Waals surface area contributed by atoms with Crippen molar-refractivity contribution in [2.45, 2.75) is 51.0 Å². The Kier molecular flexibility index (Phi) is 3.82. The van der Waals surface area contributed by atoms with Gasteiger partial charge in [0.2, 0.25) is 5.91 Å². The van der Waals surface area contributed by atoms with Gasteiger partial charge in [0.25, 0.3) is 0 Å². The first-order valence-electron chi connectivity index (χ1n) is 6.36. The Morgan fingerprint density at radius 1 is 1.35 bits per heavy atom. The molecule has 2 aliphatic carbocycles. The molecule has 4 nitrogen and oxygen atoms in total. The van der Waals surface area contributed by atoms with Crippen LogP contribution in [0.2, 0.25) is 0 Å². The van der Waals surface area contributed by atoms with Crippen LogP contribution in [-0.4, -0.2) is 34.5 Å². The molecule has 0 atom stereocenters. The largest absolute Gasteiger partial charge is 0.480 e. The number of carboxylic acids is 1. The molecule has 0 heterocycles. The molecule has 1 N–H and O–H groups in total. The van der Waals surface area contributed by atoms with Crippen molar-refractivity contribution in [1.29, 1.82) is 0 Å². The van der Waals surface area contributed by atoms with Gasteiger partial charge in [0.05, 0.1) is 0 Å². The number of hydrogen-bond donors (Lipinski definition) is 1. The maximum Gasteiger partial charge on any atom is 0.323 e. The highest BCUT2D eigenvalue weighted by molar-refractivity contribution is 5.83. The molecule has 1 amide bonds. The van der Waals surface area contributed by atoms with Crippen molar-refractivity contribution >= 4 is 11.9 Å². The smallest absolute Gasteiger partial charge is 0.323 e. The number of aliphatic carboxylic acids is 1. The summed E-state index contributed by atoms with van der Waals surface area (Å²) in [5.74, 6) is -0.925. The standard InChI is InChI=1S/C13H19NO3/c15-12(8-10-4-2-1-3-5-10)14(9-13(16)17)11-6-7-11/h4,11H,1-3,5-9H2,(H,16,17). The van der Waals surface area contributed by atoms with Gasteiger partial charge in [0, 0.05) is 12.5 Å². The van der Waals surface area contributed by atoms with E-state index in [0.29, 0.717) is 6.42 Å². The molecule has 0 unspecified atom stereocenters. The lowest BCUT2D eigenvalue weighted by Crippen LogP contribution is -2.37. The summed E-state index contributed by atoms with van der Waals surface area (Å²) < 4.78 is 0. The van der Waals surface area contributed by atoms with Gasteiger partial charge in [-0.25, -0.2) is 0 Å². The van der Waals surface area contributed by atoms with E-state index in [2.05, 4.69) is 6.08 Å². The molecule has 1 fully saturated rings. The van der Waals surface area contributed by atoms with Crippen molar-refractivity contribution in [2.75, 3.05) is 6.54 Å². The highest BCUT2D eigenvalue weighted by Crippen LogP contribution is 2.29. The molecule has 0 spiro atoms. The summed E-state index contributed by atoms with van der Waals surface area (Å²) in [6, 6.07) is 0.183. The number of carbonyl (C=O) groups is 2. The molecule has 0 saturated heterocycles. The summed E-state index contributed by atoms with van der Waals surface area (Å²) in [4.78, 5) is 24.3. The monoisotopic (exact) mass is 237 g/mol. The van der Waals surface area contributed by atoms with E-state index in [1.165, 1.54) is 16.9 Å². The van der Waals surface area contributed by atoms with Crippen LogP contribution in [0.3, 0.4) is 0 Å². The Labute approximate surface area is 101 Å². The SMILES string of the molecule is O=C(O)CN(C(=O)CC1=CCCCC1)C1CC1. The van der Waals surface area contributed by atoms with Crippen LogP contribution in [-0.2, 0) is 9.59 Å². The predicted octanol–water partition coefficient (Wildman–Crippen LogP) is 1.95. The number of nitrogens with zero attached hydrogens (tertiary/aromatic N) is 1. The fraction of sp³-hybridized carbons (Fsp3) is 0.692. The van der Waals surface area contributed by atoms with E-state index in [0.717, 1.165) is 32.1 Å². The maximum absolute atomic E-state index is 12.1. The molecule has 0 aromatic rings. The summed E-state index contributed by atoms with van der Waals surface area (Å²) in [6.07, 6.45) is 8.90. The third-order valence-corrected chi connectivity index (χ3v) is 3.38. The van der Waals surface area contributed by atoms with E-state index in [1.807, 2.05) is 0 Å². The van der Waals surface area contributed by atoms with Gasteiger partial charge in [0.1, 0.15) is 6.54 Å². The summed E-state index contributed by atoms with van der Waals surface area (Å²) in [7, 11) is 0. The molecule has 0 aromatic heterocycles. The zero-order valence-corrected chi connectivity index (χ0v) is 10.0. The first-order chi connectivity index (χ1) is 8.16. The molecule has 1 saturated carbocycles. The van der Waals surface area contributed by atoms with Crippen LogP contribution >= 0.6 is 0 Å². The molecule has 94 valence electrons. The number of rotatable bonds is 5. The summed E-state index contributed by atoms with van der Waals surface area (Å²) in [5, 5.41) is 8.81. The second-order valence-corrected chi connectivity index (χ2v) is 4.93. The minimum absolute atomic E-state index is 0.0111. The zero-order valence-electron chi connectivity index (χ0n) is 10.0. The summed E-state index contributed by atoms with van der Waals surface area (Å²) in [6.45, 7) is -0.142. The summed E-state index contributed by atoms with van der Waals surface area (Å²) >= 11 is 0. The van der Waals surface area contributed by atoms with Crippen LogP contribution in [0.25, 0.3) is 0 Å². The second-order valence-electron chi connectivity index (χ2n) is 4.93. The van der Waals surface area contributed by atoms with Gasteiger partial charge < -0.3 is 10.0 Å². The van der Waals surface area contributed by atoms with Gasteiger partial charge in [-0.3, -0.25) is 9.59 Å². The molecule has 17 heavy (non-hydrogen) atoms. The lowest BCUT2D eigenvalue weighted by Gasteiger charge is -2.22. The number of hydrogen-bond acceptors (Lipinski definition) is 2. The molecule has 2 aliphatic rings. The lowest BCUT2D eigenvalue weighted by molar-refractivity contribution is -0.144. The fourth-order valence-electron chi connectivity index (χ4n) is 2.31. The van der Waals surface area contributed by atoms with E-state index in [-0.39, 0.29) is 18.5 Å². The highest BCUT2D eigenvalue weighted by Gasteiger charge is 2.33. The van der Waals surface area contributed by atoms with Gasteiger partial charge >= 0.3 is 5.97 Å². The zero-order chi connectivity index (χ0) is 12.3. The van der Waals surface area contributed by atoms with E-state index in [1.54, 1.807) is 0 Å². The molecular weight excluding hydrogens is 218 g/mol. The van der Waals surface area contributed by atoms with Crippen molar-refractivity contribution in [3.63, 3.8) is 0 Å². The fourth-order valence-corrected chi connectivity index (χ4v) is 2.31. The highest BCUT2D eigenvalue weighted by atomic mass is 16.4. The van der Waals surface area contributed by atoms with Gasteiger partial charge in [-0.1, -0.05) is 11.6 Å². The first kappa shape index (κ1) is 12.1. The van der Waals surface area contributed by atoms with E-state index in [4.69, 9.17) is 5.11 Å². The Morgan fingerprint density at radius 3 is 2.65 bits per heavy atom. The maximum atomic E-state index is 12.1. The Hall–Kier alpha value is -1.32. The van der Waals surface area contributed by atoms with Crippen LogP contribution in [0.1, 0.15) is 44.9 Å². The van der Waals surface area contributed by atoms with Crippen molar-refractivity contribution < 1.29 is 14.7 Å². The van der Waals surface area contributed by atoms with Crippen LogP contribution < -0.4 is 0 Å². The second kappa shape index (κ2) is 5.34. The van der Waals surface area contributed by atoms with E-state index >= 15 is 0 Å². The normalized spacial score (nSPS) is 19.6. The van der Waals surface area contributed by atoms with Crippen LogP contribution in [0, 0.1) is 0 Å². The van der Waals surface area contributed by atoms with Gasteiger partial charge in [-0.05, 0) is 38.5 Å². The average molecular weight is 237 g/mol. The minimum Gasteiger partial charge on any atom is -0.480 e. The van der Waals surface area contributed by atoms with Crippen molar-refractivity contribution in [2.24, 2.45) is 0 Å². The van der Waals surface area contributed by atoms with Crippen LogP contribution in [0.5, 0.6) is 0 Å². The molecule has 0 bridgehead atoms. The molecule has 4 heteroatoms. The quantitative estimate of drug-likeness (QED) is 0.743. The van der Waals surface area contributed by atoms with Gasteiger partial charge in [-0.15, -0.1) is 0 Å². The Morgan fingerprint density at radius 2 is 2.12 bits per heavy atom. The van der Waals surface area contributed by atoms with Crippen LogP contribution in [0.4, 0.5) is 0 Å². The molecule has 2 rings (SSSR count). The topological polar surface area (TPSA) is 57.6 Å². The number of allylic oxidation sites excluding steroid dienone is 1. The van der Waals surface area contributed by atoms with Gasteiger partial charge in [0.15, 0.2) is 0 Å². The molecule has 0 radical (unpaired) electrons. The van der Waals surface area contributed by atoms with Crippen LogP contribution in [0.15, 0.2) is 11.6 Å². The number of carboxylic acid groups (broad SMARTS) is 1. The number of carbonyl (C=O) groups excluding carboxylic acids is 1. The average Bonchev–Trinajstić information content (AvgIpc) is 3.10. The molecular formula is C13H19NO3. The van der Waals surface area contributed by atoms with E-state index in [9.17, 15) is 9.59 Å². The van der Waals surface area contributed by atoms with Crippen molar-refractivity contribution in [1.82, 2.24) is 4.90 Å². The molecule has 0 aromatic carbocycles. The van der Waals surface area contributed by atoms with Gasteiger partial charge in [-0.2, -0.15) is 0 Å². The van der Waals surface area contributed by atoms with Crippen molar-refractivity contribution in [3.8, 4) is 0 Å².